The van der Waals surface area contributed by atoms with E-state index in [0.717, 1.165) is 0 Å². The van der Waals surface area contributed by atoms with Gasteiger partial charge in [0.1, 0.15) is 0 Å². The minimum atomic E-state index is -0.628. The van der Waals surface area contributed by atoms with E-state index in [1.165, 1.54) is 12.1 Å². The van der Waals surface area contributed by atoms with Crippen molar-refractivity contribution in [2.45, 2.75) is 6.42 Å². The zero-order chi connectivity index (χ0) is 10.6. The molecule has 14 heavy (non-hydrogen) atoms. The summed E-state index contributed by atoms with van der Waals surface area (Å²) in [6.45, 7) is 0. The Hall–Kier alpha value is -0.800. The second-order valence-corrected chi connectivity index (χ2v) is 3.37. The van der Waals surface area contributed by atoms with E-state index in [9.17, 15) is 9.18 Å². The third kappa shape index (κ3) is 2.86. The molecule has 0 aromatic heterocycles. The van der Waals surface area contributed by atoms with Gasteiger partial charge >= 0.3 is 0 Å². The van der Waals surface area contributed by atoms with Crippen LogP contribution in [0.1, 0.15) is 6.42 Å². The first-order chi connectivity index (χ1) is 6.65. The molecule has 0 aliphatic heterocycles. The second kappa shape index (κ2) is 5.17. The summed E-state index contributed by atoms with van der Waals surface area (Å²) in [5.41, 5.74) is 0.0765. The van der Waals surface area contributed by atoms with Crippen LogP contribution in [0.2, 0.25) is 5.02 Å². The van der Waals surface area contributed by atoms with E-state index >= 15 is 0 Å². The SMILES string of the molecule is O=C(CCCl)Nc1cccc(Cl)c1F. The summed E-state index contributed by atoms with van der Waals surface area (Å²) in [4.78, 5) is 11.1. The molecule has 0 heterocycles. The molecule has 1 rings (SSSR count). The molecule has 5 heteroatoms. The van der Waals surface area contributed by atoms with Crippen LogP contribution in [0.15, 0.2) is 18.2 Å². The fraction of sp³-hybridized carbons (Fsp3) is 0.222. The van der Waals surface area contributed by atoms with Gasteiger partial charge in [0.15, 0.2) is 5.82 Å². The topological polar surface area (TPSA) is 29.1 Å². The average Bonchev–Trinajstić information content (AvgIpc) is 2.13. The number of hydrogen-bond acceptors (Lipinski definition) is 1. The summed E-state index contributed by atoms with van der Waals surface area (Å²) < 4.78 is 13.2. The van der Waals surface area contributed by atoms with Crippen molar-refractivity contribution in [3.05, 3.63) is 29.0 Å². The van der Waals surface area contributed by atoms with Gasteiger partial charge < -0.3 is 5.32 Å². The van der Waals surface area contributed by atoms with Crippen LogP contribution in [0.4, 0.5) is 10.1 Å². The predicted octanol–water partition coefficient (Wildman–Crippen LogP) is 3.05. The summed E-state index contributed by atoms with van der Waals surface area (Å²) in [5, 5.41) is 2.35. The Morgan fingerprint density at radius 3 is 2.86 bits per heavy atom. The van der Waals surface area contributed by atoms with Crippen LogP contribution in [0, 0.1) is 5.82 Å². The third-order valence-corrected chi connectivity index (χ3v) is 2.03. The van der Waals surface area contributed by atoms with Crippen LogP contribution >= 0.6 is 23.2 Å². The van der Waals surface area contributed by atoms with E-state index in [2.05, 4.69) is 5.32 Å². The summed E-state index contributed by atoms with van der Waals surface area (Å²) in [6, 6.07) is 4.41. The number of carbonyl (C=O) groups is 1. The molecule has 76 valence electrons. The second-order valence-electron chi connectivity index (χ2n) is 2.59. The molecule has 0 unspecified atom stereocenters. The number of nitrogens with one attached hydrogen (secondary N) is 1. The summed E-state index contributed by atoms with van der Waals surface area (Å²) >= 11 is 10.9. The number of amides is 1. The van der Waals surface area contributed by atoms with Crippen LogP contribution in [0.25, 0.3) is 0 Å². The highest BCUT2D eigenvalue weighted by atomic mass is 35.5. The Balaban J connectivity index is 2.76. The van der Waals surface area contributed by atoms with Gasteiger partial charge in [-0.25, -0.2) is 4.39 Å². The predicted molar refractivity (Wildman–Crippen MR) is 55.4 cm³/mol. The Morgan fingerprint density at radius 2 is 2.21 bits per heavy atom. The Bertz CT molecular complexity index is 344. The molecule has 0 saturated carbocycles. The highest BCUT2D eigenvalue weighted by Gasteiger charge is 2.08. The Kier molecular flexibility index (Phi) is 4.17. The van der Waals surface area contributed by atoms with Gasteiger partial charge in [0.25, 0.3) is 0 Å². The van der Waals surface area contributed by atoms with Crippen molar-refractivity contribution in [1.82, 2.24) is 0 Å². The Labute approximate surface area is 91.0 Å². The highest BCUT2D eigenvalue weighted by Crippen LogP contribution is 2.21. The van der Waals surface area contributed by atoms with Gasteiger partial charge in [-0.3, -0.25) is 4.79 Å². The number of benzene rings is 1. The quantitative estimate of drug-likeness (QED) is 0.803. The zero-order valence-electron chi connectivity index (χ0n) is 7.19. The van der Waals surface area contributed by atoms with Crippen LogP contribution in [0.3, 0.4) is 0 Å². The normalized spacial score (nSPS) is 9.93. The van der Waals surface area contributed by atoms with E-state index in [1.807, 2.05) is 0 Å². The molecule has 1 amide bonds. The molecule has 0 bridgehead atoms. The van der Waals surface area contributed by atoms with Gasteiger partial charge in [0, 0.05) is 12.3 Å². The van der Waals surface area contributed by atoms with E-state index < -0.39 is 5.82 Å². The zero-order valence-corrected chi connectivity index (χ0v) is 8.70. The minimum absolute atomic E-state index is 0.0197. The number of alkyl halides is 1. The standard InChI is InChI=1S/C9H8Cl2FNO/c10-5-4-8(14)13-7-3-1-2-6(11)9(7)12/h1-3H,4-5H2,(H,13,14). The van der Waals surface area contributed by atoms with Crippen LogP contribution in [-0.2, 0) is 4.79 Å². The molecule has 0 radical (unpaired) electrons. The lowest BCUT2D eigenvalue weighted by Crippen LogP contribution is -2.12. The highest BCUT2D eigenvalue weighted by molar-refractivity contribution is 6.31. The largest absolute Gasteiger partial charge is 0.324 e. The van der Waals surface area contributed by atoms with Crippen LogP contribution in [0.5, 0.6) is 0 Å². The minimum Gasteiger partial charge on any atom is -0.324 e. The average molecular weight is 236 g/mol. The monoisotopic (exact) mass is 235 g/mol. The van der Waals surface area contributed by atoms with Crippen LogP contribution < -0.4 is 5.32 Å². The molecule has 1 aromatic carbocycles. The summed E-state index contributed by atoms with van der Waals surface area (Å²) in [5.74, 6) is -0.758. The van der Waals surface area contributed by atoms with Crippen LogP contribution in [-0.4, -0.2) is 11.8 Å². The van der Waals surface area contributed by atoms with E-state index in [0.29, 0.717) is 0 Å². The van der Waals surface area contributed by atoms with Crippen molar-refractivity contribution in [1.29, 1.82) is 0 Å². The number of carbonyl (C=O) groups excluding carboxylic acids is 1. The van der Waals surface area contributed by atoms with Crippen molar-refractivity contribution in [2.75, 3.05) is 11.2 Å². The van der Waals surface area contributed by atoms with Gasteiger partial charge in [-0.15, -0.1) is 11.6 Å². The molecule has 0 aliphatic rings. The molecular formula is C9H8Cl2FNO. The maximum absolute atomic E-state index is 13.2. The molecule has 1 aromatic rings. The van der Waals surface area contributed by atoms with Gasteiger partial charge in [-0.2, -0.15) is 0 Å². The molecule has 0 aliphatic carbocycles. The molecular weight excluding hydrogens is 228 g/mol. The number of rotatable bonds is 3. The fourth-order valence-corrected chi connectivity index (χ4v) is 1.25. The van der Waals surface area contributed by atoms with E-state index in [1.54, 1.807) is 6.07 Å². The van der Waals surface area contributed by atoms with Crippen molar-refractivity contribution in [3.63, 3.8) is 0 Å². The lowest BCUT2D eigenvalue weighted by atomic mass is 10.3. The van der Waals surface area contributed by atoms with Crippen molar-refractivity contribution >= 4 is 34.8 Å². The summed E-state index contributed by atoms with van der Waals surface area (Å²) in [6.07, 6.45) is 0.146. The maximum Gasteiger partial charge on any atom is 0.225 e. The first-order valence-corrected chi connectivity index (χ1v) is 4.86. The first-order valence-electron chi connectivity index (χ1n) is 3.95. The lowest BCUT2D eigenvalue weighted by molar-refractivity contribution is -0.115. The molecule has 1 N–H and O–H groups in total. The van der Waals surface area contributed by atoms with Crippen molar-refractivity contribution in [2.24, 2.45) is 0 Å². The van der Waals surface area contributed by atoms with E-state index in [-0.39, 0.29) is 28.9 Å². The fourth-order valence-electron chi connectivity index (χ4n) is 0.899. The van der Waals surface area contributed by atoms with Gasteiger partial charge in [-0.1, -0.05) is 17.7 Å². The van der Waals surface area contributed by atoms with Crippen molar-refractivity contribution in [3.8, 4) is 0 Å². The first kappa shape index (κ1) is 11.3. The smallest absolute Gasteiger partial charge is 0.225 e. The molecule has 0 spiro atoms. The molecule has 2 nitrogen and oxygen atoms in total. The number of halogens is 3. The van der Waals surface area contributed by atoms with Gasteiger partial charge in [0.05, 0.1) is 10.7 Å². The molecule has 0 atom stereocenters. The van der Waals surface area contributed by atoms with Gasteiger partial charge in [-0.05, 0) is 12.1 Å². The van der Waals surface area contributed by atoms with Crippen molar-refractivity contribution < 1.29 is 9.18 Å². The van der Waals surface area contributed by atoms with Gasteiger partial charge in [0.2, 0.25) is 5.91 Å². The number of hydrogen-bond donors (Lipinski definition) is 1. The van der Waals surface area contributed by atoms with E-state index in [4.69, 9.17) is 23.2 Å². The lowest BCUT2D eigenvalue weighted by Gasteiger charge is -2.05. The third-order valence-electron chi connectivity index (χ3n) is 1.55. The maximum atomic E-state index is 13.2. The molecule has 0 saturated heterocycles. The summed E-state index contributed by atoms with van der Waals surface area (Å²) in [7, 11) is 0. The number of anilines is 1. The Morgan fingerprint density at radius 1 is 1.50 bits per heavy atom. The molecule has 0 fully saturated rings.